The van der Waals surface area contributed by atoms with Crippen molar-refractivity contribution in [3.63, 3.8) is 0 Å². The Morgan fingerprint density at radius 3 is 2.26 bits per heavy atom. The number of rotatable bonds is 13. The molecule has 0 saturated heterocycles. The van der Waals surface area contributed by atoms with E-state index in [9.17, 15) is 19.2 Å². The lowest BCUT2D eigenvalue weighted by Crippen LogP contribution is -2.53. The smallest absolute Gasteiger partial charge is 0.407 e. The Balaban J connectivity index is 1.15. The van der Waals surface area contributed by atoms with E-state index < -0.39 is 35.6 Å². The molecular formula is C40H46N4O6. The van der Waals surface area contributed by atoms with Crippen LogP contribution in [0.25, 0.3) is 22.1 Å². The molecule has 1 saturated carbocycles. The molecule has 2 atom stereocenters. The Bertz CT molecular complexity index is 1850. The summed E-state index contributed by atoms with van der Waals surface area (Å²) in [5.41, 5.74) is 11.3. The number of unbranched alkanes of at least 4 members (excludes halogenated alkanes) is 1. The molecule has 3 aromatic carbocycles. The minimum atomic E-state index is -0.882. The van der Waals surface area contributed by atoms with Gasteiger partial charge in [-0.05, 0) is 85.0 Å². The van der Waals surface area contributed by atoms with E-state index in [2.05, 4.69) is 40.2 Å². The number of nitrogens with one attached hydrogen (secondary N) is 3. The number of carbonyl (C=O) groups excluding carboxylic acids is 3. The molecule has 4 aromatic rings. The molecule has 0 aliphatic heterocycles. The van der Waals surface area contributed by atoms with Gasteiger partial charge in [-0.2, -0.15) is 0 Å². The standard InChI is InChI=1S/C40H46N4O6/c1-25-21-37(45)50-36-23-27(18-19-28(25)36)42-38(46)34(17-9-10-20-41)43-39(47)35(22-26-11-3-2-4-12-26)44-40(48)49-24-33-31-15-7-5-13-29(31)30-14-6-8-16-32(30)33/h5-8,13-16,18-19,21,23,26,33-35H,2-4,9-12,17,20,22,24,41H2,1H3,(H,42,46)(H,43,47)(H,44,48)/t34-,35+/m0/s1. The van der Waals surface area contributed by atoms with Gasteiger partial charge in [-0.1, -0.05) is 80.6 Å². The number of alkyl carbamates (subject to hydrolysis) is 1. The maximum atomic E-state index is 14.0. The van der Waals surface area contributed by atoms with Crippen LogP contribution in [0.4, 0.5) is 10.5 Å². The fraction of sp³-hybridized carbons (Fsp3) is 0.400. The lowest BCUT2D eigenvalue weighted by molar-refractivity contribution is -0.128. The molecule has 0 unspecified atom stereocenters. The number of anilines is 1. The Labute approximate surface area is 292 Å². The van der Waals surface area contributed by atoms with Crippen LogP contribution in [-0.4, -0.2) is 43.1 Å². The number of benzene rings is 3. The van der Waals surface area contributed by atoms with Gasteiger partial charge in [0, 0.05) is 29.1 Å². The van der Waals surface area contributed by atoms with E-state index in [1.165, 1.54) is 6.07 Å². The van der Waals surface area contributed by atoms with E-state index >= 15 is 0 Å². The fourth-order valence-corrected chi connectivity index (χ4v) is 7.44. The molecule has 6 rings (SSSR count). The summed E-state index contributed by atoms with van der Waals surface area (Å²) in [5.74, 6) is -0.686. The Hall–Kier alpha value is -4.96. The summed E-state index contributed by atoms with van der Waals surface area (Å²) < 4.78 is 11.2. The second kappa shape index (κ2) is 16.2. The van der Waals surface area contributed by atoms with Gasteiger partial charge in [0.05, 0.1) is 0 Å². The van der Waals surface area contributed by atoms with Crippen molar-refractivity contribution in [3.05, 3.63) is 99.9 Å². The number of aryl methyl sites for hydroxylation is 1. The topological polar surface area (TPSA) is 153 Å². The molecule has 5 N–H and O–H groups in total. The second-order valence-electron chi connectivity index (χ2n) is 13.6. The largest absolute Gasteiger partial charge is 0.449 e. The van der Waals surface area contributed by atoms with Crippen LogP contribution < -0.4 is 27.3 Å². The average Bonchev–Trinajstić information content (AvgIpc) is 3.43. The maximum Gasteiger partial charge on any atom is 0.407 e. The van der Waals surface area contributed by atoms with Gasteiger partial charge in [-0.3, -0.25) is 9.59 Å². The summed E-state index contributed by atoms with van der Waals surface area (Å²) in [5, 5.41) is 9.43. The molecule has 262 valence electrons. The molecule has 2 aliphatic rings. The van der Waals surface area contributed by atoms with E-state index in [0.717, 1.165) is 65.3 Å². The number of hydrogen-bond acceptors (Lipinski definition) is 7. The van der Waals surface area contributed by atoms with E-state index in [0.29, 0.717) is 43.5 Å². The van der Waals surface area contributed by atoms with E-state index in [4.69, 9.17) is 14.9 Å². The first-order chi connectivity index (χ1) is 24.3. The van der Waals surface area contributed by atoms with Gasteiger partial charge in [0.2, 0.25) is 11.8 Å². The number of fused-ring (bicyclic) bond motifs is 4. The molecule has 0 spiro atoms. The summed E-state index contributed by atoms with van der Waals surface area (Å²) in [4.78, 5) is 52.9. The van der Waals surface area contributed by atoms with Gasteiger partial charge in [0.1, 0.15) is 24.3 Å². The third-order valence-electron chi connectivity index (χ3n) is 10.0. The van der Waals surface area contributed by atoms with E-state index in [1.54, 1.807) is 18.2 Å². The van der Waals surface area contributed by atoms with Crippen LogP contribution in [0.3, 0.4) is 0 Å². The van der Waals surface area contributed by atoms with Gasteiger partial charge in [0.15, 0.2) is 0 Å². The molecule has 1 fully saturated rings. The van der Waals surface area contributed by atoms with Crippen molar-refractivity contribution in [2.75, 3.05) is 18.5 Å². The molecule has 3 amide bonds. The third kappa shape index (κ3) is 8.25. The van der Waals surface area contributed by atoms with Gasteiger partial charge < -0.3 is 30.8 Å². The first-order valence-electron chi connectivity index (χ1n) is 17.8. The highest BCUT2D eigenvalue weighted by molar-refractivity contribution is 5.99. The average molecular weight is 679 g/mol. The zero-order chi connectivity index (χ0) is 35.0. The van der Waals surface area contributed by atoms with Gasteiger partial charge in [-0.25, -0.2) is 9.59 Å². The summed E-state index contributed by atoms with van der Waals surface area (Å²) in [6.45, 7) is 2.41. The minimum absolute atomic E-state index is 0.110. The summed E-state index contributed by atoms with van der Waals surface area (Å²) in [6, 6.07) is 21.0. The van der Waals surface area contributed by atoms with Crippen molar-refractivity contribution >= 4 is 34.6 Å². The Kier molecular flexibility index (Phi) is 11.3. The molecule has 1 aromatic heterocycles. The number of ether oxygens (including phenoxy) is 1. The quantitative estimate of drug-likeness (QED) is 0.0927. The molecule has 1 heterocycles. The Morgan fingerprint density at radius 1 is 0.860 bits per heavy atom. The summed E-state index contributed by atoms with van der Waals surface area (Å²) in [6.07, 6.45) is 6.74. The van der Waals surface area contributed by atoms with Gasteiger partial charge in [0.25, 0.3) is 0 Å². The normalized spacial score (nSPS) is 15.5. The van der Waals surface area contributed by atoms with Crippen molar-refractivity contribution in [2.45, 2.75) is 82.7 Å². The SMILES string of the molecule is Cc1cc(=O)oc2cc(NC(=O)[C@H](CCCCN)NC(=O)[C@@H](CC3CCCCC3)NC(=O)OCC3c4ccccc4-c4ccccc43)ccc12. The molecular weight excluding hydrogens is 632 g/mol. The van der Waals surface area contributed by atoms with Crippen molar-refractivity contribution in [2.24, 2.45) is 11.7 Å². The highest BCUT2D eigenvalue weighted by atomic mass is 16.5. The molecule has 0 radical (unpaired) electrons. The Morgan fingerprint density at radius 2 is 1.56 bits per heavy atom. The fourth-order valence-electron chi connectivity index (χ4n) is 7.44. The highest BCUT2D eigenvalue weighted by Crippen LogP contribution is 2.44. The monoisotopic (exact) mass is 678 g/mol. The van der Waals surface area contributed by atoms with E-state index in [-0.39, 0.29) is 18.4 Å². The zero-order valence-corrected chi connectivity index (χ0v) is 28.5. The number of hydrogen-bond donors (Lipinski definition) is 4. The van der Waals surface area contributed by atoms with Crippen LogP contribution in [0, 0.1) is 12.8 Å². The molecule has 10 heteroatoms. The van der Waals surface area contributed by atoms with Crippen molar-refractivity contribution in [1.29, 1.82) is 0 Å². The number of carbonyl (C=O) groups is 3. The zero-order valence-electron chi connectivity index (χ0n) is 28.5. The van der Waals surface area contributed by atoms with Crippen molar-refractivity contribution in [3.8, 4) is 11.1 Å². The lowest BCUT2D eigenvalue weighted by atomic mass is 9.84. The molecule has 10 nitrogen and oxygen atoms in total. The summed E-state index contributed by atoms with van der Waals surface area (Å²) >= 11 is 0. The van der Waals surface area contributed by atoms with Crippen LogP contribution in [0.15, 0.2) is 82.0 Å². The summed E-state index contributed by atoms with van der Waals surface area (Å²) in [7, 11) is 0. The van der Waals surface area contributed by atoms with Crippen LogP contribution in [0.1, 0.15) is 80.4 Å². The highest BCUT2D eigenvalue weighted by Gasteiger charge is 2.32. The van der Waals surface area contributed by atoms with Gasteiger partial charge >= 0.3 is 11.7 Å². The van der Waals surface area contributed by atoms with Crippen molar-refractivity contribution in [1.82, 2.24) is 10.6 Å². The van der Waals surface area contributed by atoms with Crippen LogP contribution in [0.5, 0.6) is 0 Å². The number of nitrogens with two attached hydrogens (primary N) is 1. The lowest BCUT2D eigenvalue weighted by Gasteiger charge is -2.28. The maximum absolute atomic E-state index is 14.0. The van der Waals surface area contributed by atoms with Crippen LogP contribution in [0.2, 0.25) is 0 Å². The van der Waals surface area contributed by atoms with E-state index in [1.807, 2.05) is 31.2 Å². The first-order valence-corrected chi connectivity index (χ1v) is 17.8. The predicted molar refractivity (Wildman–Crippen MR) is 194 cm³/mol. The van der Waals surface area contributed by atoms with Crippen molar-refractivity contribution < 1.29 is 23.5 Å². The molecule has 0 bridgehead atoms. The third-order valence-corrected chi connectivity index (χ3v) is 10.0. The minimum Gasteiger partial charge on any atom is -0.449 e. The number of amides is 3. The first kappa shape index (κ1) is 34.9. The van der Waals surface area contributed by atoms with Gasteiger partial charge in [-0.15, -0.1) is 0 Å². The predicted octanol–water partition coefficient (Wildman–Crippen LogP) is 6.53. The van der Waals surface area contributed by atoms with Crippen LogP contribution in [-0.2, 0) is 14.3 Å². The van der Waals surface area contributed by atoms with Crippen LogP contribution >= 0.6 is 0 Å². The second-order valence-corrected chi connectivity index (χ2v) is 13.6. The molecule has 50 heavy (non-hydrogen) atoms. The molecule has 2 aliphatic carbocycles.